The van der Waals surface area contributed by atoms with Gasteiger partial charge >= 0.3 is 0 Å². The lowest BCUT2D eigenvalue weighted by molar-refractivity contribution is 0.0209. The smallest absolute Gasteiger partial charge is 0.272 e. The second-order valence-corrected chi connectivity index (χ2v) is 8.96. The van der Waals surface area contributed by atoms with Gasteiger partial charge in [-0.05, 0) is 49.2 Å². The molecular formula is C24H26ClFN4O2. The Kier molecular flexibility index (Phi) is 5.80. The molecule has 0 saturated carbocycles. The number of aromatic amines is 1. The summed E-state index contributed by atoms with van der Waals surface area (Å²) in [5.41, 5.74) is 3.43. The van der Waals surface area contributed by atoms with Gasteiger partial charge < -0.3 is 19.9 Å². The predicted octanol–water partition coefficient (Wildman–Crippen LogP) is 4.43. The van der Waals surface area contributed by atoms with Crippen molar-refractivity contribution in [2.75, 3.05) is 49.6 Å². The topological polar surface area (TPSA) is 60.6 Å². The summed E-state index contributed by atoms with van der Waals surface area (Å²) < 4.78 is 19.6. The number of rotatable bonds is 4. The Balaban J connectivity index is 1.32. The Morgan fingerprint density at radius 3 is 2.78 bits per heavy atom. The van der Waals surface area contributed by atoms with Crippen LogP contribution in [0.3, 0.4) is 0 Å². The van der Waals surface area contributed by atoms with Crippen molar-refractivity contribution in [2.45, 2.75) is 19.4 Å². The third kappa shape index (κ3) is 4.20. The molecule has 3 aromatic rings. The molecular weight excluding hydrogens is 431 g/mol. The number of carbonyl (C=O) groups is 1. The van der Waals surface area contributed by atoms with Gasteiger partial charge in [-0.25, -0.2) is 4.39 Å². The van der Waals surface area contributed by atoms with E-state index in [9.17, 15) is 9.18 Å². The number of H-pyrrole nitrogens is 1. The fourth-order valence-electron chi connectivity index (χ4n) is 4.69. The maximum absolute atomic E-state index is 14.1. The molecule has 0 spiro atoms. The van der Waals surface area contributed by atoms with Gasteiger partial charge in [-0.15, -0.1) is 0 Å². The number of aromatic nitrogens is 1. The van der Waals surface area contributed by atoms with Gasteiger partial charge in [0.25, 0.3) is 5.91 Å². The highest BCUT2D eigenvalue weighted by atomic mass is 35.5. The van der Waals surface area contributed by atoms with Crippen LogP contribution in [0.2, 0.25) is 5.02 Å². The van der Waals surface area contributed by atoms with Crippen LogP contribution >= 0.6 is 11.6 Å². The molecule has 2 saturated heterocycles. The second kappa shape index (κ2) is 8.73. The van der Waals surface area contributed by atoms with Crippen molar-refractivity contribution < 1.29 is 13.9 Å². The summed E-state index contributed by atoms with van der Waals surface area (Å²) in [6, 6.07) is 10.8. The van der Waals surface area contributed by atoms with Gasteiger partial charge in [-0.2, -0.15) is 0 Å². The molecule has 2 aliphatic rings. The zero-order chi connectivity index (χ0) is 22.2. The fraction of sp³-hybridized carbons (Fsp3) is 0.375. The molecule has 0 bridgehead atoms. The summed E-state index contributed by atoms with van der Waals surface area (Å²) >= 11 is 6.39. The first kappa shape index (κ1) is 21.2. The van der Waals surface area contributed by atoms with Gasteiger partial charge in [-0.3, -0.25) is 9.69 Å². The normalized spacial score (nSPS) is 19.6. The number of morpholine rings is 1. The van der Waals surface area contributed by atoms with Gasteiger partial charge in [0.2, 0.25) is 0 Å². The average Bonchev–Trinajstić information content (AvgIpc) is 3.45. The van der Waals surface area contributed by atoms with Crippen LogP contribution in [0.5, 0.6) is 0 Å². The van der Waals surface area contributed by atoms with Crippen molar-refractivity contribution in [3.8, 4) is 0 Å². The van der Waals surface area contributed by atoms with Crippen LogP contribution in [0.25, 0.3) is 10.9 Å². The number of halogens is 2. The quantitative estimate of drug-likeness (QED) is 0.609. The number of aryl methyl sites for hydroxylation is 1. The standard InChI is InChI=1S/C24H26ClFN4O2/c1-15-2-3-21(26)20-13-22(28-23(15)20)24(31)27-17-10-16(25)11-19(12-17)30-5-4-18(14-30)29-6-8-32-9-7-29/h2-3,10-13,18,28H,4-9,14H2,1H3,(H,27,31). The van der Waals surface area contributed by atoms with E-state index in [4.69, 9.17) is 16.3 Å². The molecule has 2 aromatic carbocycles. The van der Waals surface area contributed by atoms with Crippen molar-refractivity contribution in [3.05, 3.63) is 58.5 Å². The Hall–Kier alpha value is -2.61. The van der Waals surface area contributed by atoms with E-state index in [-0.39, 0.29) is 11.7 Å². The monoisotopic (exact) mass is 456 g/mol. The number of hydrogen-bond donors (Lipinski definition) is 2. The molecule has 1 amide bonds. The lowest BCUT2D eigenvalue weighted by Crippen LogP contribution is -2.44. The zero-order valence-corrected chi connectivity index (χ0v) is 18.7. The zero-order valence-electron chi connectivity index (χ0n) is 18.0. The number of amides is 1. The lowest BCUT2D eigenvalue weighted by Gasteiger charge is -2.32. The van der Waals surface area contributed by atoms with E-state index in [1.165, 1.54) is 6.07 Å². The van der Waals surface area contributed by atoms with Crippen LogP contribution < -0.4 is 10.2 Å². The summed E-state index contributed by atoms with van der Waals surface area (Å²) in [6.45, 7) is 7.27. The first-order valence-corrected chi connectivity index (χ1v) is 11.3. The minimum atomic E-state index is -0.352. The number of fused-ring (bicyclic) bond motifs is 1. The molecule has 2 fully saturated rings. The molecule has 3 heterocycles. The number of benzene rings is 2. The molecule has 2 N–H and O–H groups in total. The summed E-state index contributed by atoms with van der Waals surface area (Å²) in [5, 5.41) is 3.88. The Labute approximate surface area is 191 Å². The molecule has 2 aliphatic heterocycles. The second-order valence-electron chi connectivity index (χ2n) is 8.53. The number of nitrogens with one attached hydrogen (secondary N) is 2. The maximum Gasteiger partial charge on any atom is 0.272 e. The van der Waals surface area contributed by atoms with Gasteiger partial charge in [-0.1, -0.05) is 17.7 Å². The molecule has 32 heavy (non-hydrogen) atoms. The molecule has 0 radical (unpaired) electrons. The molecule has 1 aromatic heterocycles. The molecule has 6 nitrogen and oxygen atoms in total. The number of carbonyl (C=O) groups excluding carboxylic acids is 1. The fourth-order valence-corrected chi connectivity index (χ4v) is 4.92. The summed E-state index contributed by atoms with van der Waals surface area (Å²) in [7, 11) is 0. The Morgan fingerprint density at radius 1 is 1.19 bits per heavy atom. The maximum atomic E-state index is 14.1. The van der Waals surface area contributed by atoms with Crippen LogP contribution in [-0.4, -0.2) is 61.2 Å². The number of ether oxygens (including phenoxy) is 1. The first-order valence-electron chi connectivity index (χ1n) is 10.9. The van der Waals surface area contributed by atoms with Crippen molar-refractivity contribution in [3.63, 3.8) is 0 Å². The Bertz CT molecular complexity index is 1120. The van der Waals surface area contributed by atoms with Gasteiger partial charge in [0, 0.05) is 54.0 Å². The predicted molar refractivity (Wildman–Crippen MR) is 125 cm³/mol. The van der Waals surface area contributed by atoms with E-state index in [1.54, 1.807) is 18.2 Å². The minimum Gasteiger partial charge on any atom is -0.379 e. The minimum absolute atomic E-state index is 0.309. The SMILES string of the molecule is Cc1ccc(F)c2cc(C(=O)Nc3cc(Cl)cc(N4CCC(N5CCOCC5)C4)c3)[nH]c12. The number of anilines is 2. The van der Waals surface area contributed by atoms with E-state index >= 15 is 0 Å². The average molecular weight is 457 g/mol. The summed E-state index contributed by atoms with van der Waals surface area (Å²) in [6.07, 6.45) is 1.09. The Morgan fingerprint density at radius 2 is 2.00 bits per heavy atom. The van der Waals surface area contributed by atoms with Crippen LogP contribution in [-0.2, 0) is 4.74 Å². The van der Waals surface area contributed by atoms with E-state index < -0.39 is 0 Å². The van der Waals surface area contributed by atoms with Crippen molar-refractivity contribution in [1.29, 1.82) is 0 Å². The third-order valence-corrected chi connectivity index (χ3v) is 6.64. The molecule has 168 valence electrons. The lowest BCUT2D eigenvalue weighted by atomic mass is 10.1. The van der Waals surface area contributed by atoms with E-state index in [0.717, 1.165) is 57.1 Å². The molecule has 0 aliphatic carbocycles. The van der Waals surface area contributed by atoms with E-state index in [1.807, 2.05) is 19.1 Å². The van der Waals surface area contributed by atoms with Crippen LogP contribution in [0.1, 0.15) is 22.5 Å². The van der Waals surface area contributed by atoms with E-state index in [2.05, 4.69) is 20.1 Å². The first-order chi connectivity index (χ1) is 15.5. The van der Waals surface area contributed by atoms with Crippen molar-refractivity contribution in [1.82, 2.24) is 9.88 Å². The van der Waals surface area contributed by atoms with Crippen molar-refractivity contribution >= 4 is 39.8 Å². The van der Waals surface area contributed by atoms with Gasteiger partial charge in [0.1, 0.15) is 11.5 Å². The largest absolute Gasteiger partial charge is 0.379 e. The summed E-state index contributed by atoms with van der Waals surface area (Å²) in [4.78, 5) is 20.7. The van der Waals surface area contributed by atoms with Gasteiger partial charge in [0.05, 0.1) is 18.7 Å². The van der Waals surface area contributed by atoms with Crippen LogP contribution in [0.4, 0.5) is 15.8 Å². The number of nitrogens with zero attached hydrogens (tertiary/aromatic N) is 2. The molecule has 5 rings (SSSR count). The molecule has 8 heteroatoms. The molecule has 1 atom stereocenters. The number of hydrogen-bond acceptors (Lipinski definition) is 4. The van der Waals surface area contributed by atoms with Crippen molar-refractivity contribution in [2.24, 2.45) is 0 Å². The third-order valence-electron chi connectivity index (χ3n) is 6.42. The van der Waals surface area contributed by atoms with Gasteiger partial charge in [0.15, 0.2) is 0 Å². The molecule has 1 unspecified atom stereocenters. The highest BCUT2D eigenvalue weighted by molar-refractivity contribution is 6.31. The summed E-state index contributed by atoms with van der Waals surface area (Å²) in [5.74, 6) is -0.685. The highest BCUT2D eigenvalue weighted by Gasteiger charge is 2.29. The van der Waals surface area contributed by atoms with Crippen LogP contribution in [0, 0.1) is 12.7 Å². The highest BCUT2D eigenvalue weighted by Crippen LogP contribution is 2.30. The van der Waals surface area contributed by atoms with Crippen LogP contribution in [0.15, 0.2) is 36.4 Å². The van der Waals surface area contributed by atoms with E-state index in [0.29, 0.717) is 33.3 Å².